The number of hydrogen-bond acceptors (Lipinski definition) is 10. The first-order valence-electron chi connectivity index (χ1n) is 16.5. The van der Waals surface area contributed by atoms with E-state index in [-0.39, 0.29) is 50.2 Å². The largest absolute Gasteiger partial charge is 0.508 e. The number of rotatable bonds is 13. The third kappa shape index (κ3) is 7.65. The van der Waals surface area contributed by atoms with Crippen molar-refractivity contribution in [3.05, 3.63) is 112 Å². The Balaban J connectivity index is 1.26. The van der Waals surface area contributed by atoms with Crippen molar-refractivity contribution in [2.45, 2.75) is 70.7 Å². The molecule has 1 aliphatic rings. The highest BCUT2D eigenvalue weighted by atomic mass is 32.2. The maximum Gasteiger partial charge on any atom is 0.385 e. The predicted molar refractivity (Wildman–Crippen MR) is 191 cm³/mol. The number of aliphatic hydroxyl groups is 1. The zero-order valence-electron chi connectivity index (χ0n) is 28.2. The van der Waals surface area contributed by atoms with Crippen LogP contribution in [0.2, 0.25) is 0 Å². The van der Waals surface area contributed by atoms with Gasteiger partial charge in [-0.15, -0.1) is 16.9 Å². The molecule has 0 spiro atoms. The monoisotopic (exact) mass is 716 g/mol. The average molecular weight is 717 g/mol. The summed E-state index contributed by atoms with van der Waals surface area (Å²) in [5.74, 6) is 0.347. The molecule has 0 bridgehead atoms. The lowest BCUT2D eigenvalue weighted by Gasteiger charge is -2.28. The van der Waals surface area contributed by atoms with Gasteiger partial charge in [0.15, 0.2) is 0 Å². The van der Waals surface area contributed by atoms with E-state index in [1.165, 1.54) is 22.5 Å². The predicted octanol–water partition coefficient (Wildman–Crippen LogP) is 6.15. The number of aromatic hydroxyl groups is 1. The van der Waals surface area contributed by atoms with Crippen molar-refractivity contribution in [3.8, 4) is 11.5 Å². The highest BCUT2D eigenvalue weighted by Gasteiger charge is 2.32. The van der Waals surface area contributed by atoms with Crippen molar-refractivity contribution < 1.29 is 32.3 Å². The van der Waals surface area contributed by atoms with Crippen LogP contribution >= 0.6 is 11.8 Å². The number of aryl methyl sites for hydroxylation is 3. The number of phenols is 1. The van der Waals surface area contributed by atoms with Gasteiger partial charge in [-0.1, -0.05) is 47.7 Å². The standard InChI is InChI=1S/C37H40N4O7S2/c1-4-47-36(44)20-32(26-11-10-24(2)28(18-26)21-40-22-29-19-30(43)12-15-34(29)48-50(40,45)46)31-13-14-33-37(25(31)3)38-39-41(33)16-7-17-49-35-9-6-5-8-27(35)23-42/h5-6,8-15,18-19,32,42-43H,4,7,16-17,20-23H2,1-3H3. The van der Waals surface area contributed by atoms with E-state index in [0.717, 1.165) is 61.5 Å². The molecule has 262 valence electrons. The number of carbonyl (C=O) groups is 1. The van der Waals surface area contributed by atoms with Crippen LogP contribution in [-0.4, -0.2) is 56.3 Å². The first kappa shape index (κ1) is 35.4. The molecule has 1 aromatic heterocycles. The third-order valence-electron chi connectivity index (χ3n) is 8.97. The summed E-state index contributed by atoms with van der Waals surface area (Å²) in [5.41, 5.74) is 7.42. The molecule has 0 aliphatic carbocycles. The van der Waals surface area contributed by atoms with Crippen LogP contribution in [0.3, 0.4) is 0 Å². The summed E-state index contributed by atoms with van der Waals surface area (Å²) in [7, 11) is -4.08. The van der Waals surface area contributed by atoms with Gasteiger partial charge in [0, 0.05) is 36.0 Å². The van der Waals surface area contributed by atoms with Crippen molar-refractivity contribution >= 4 is 39.1 Å². The molecule has 1 atom stereocenters. The maximum atomic E-state index is 13.1. The normalized spacial score (nSPS) is 14.6. The summed E-state index contributed by atoms with van der Waals surface area (Å²) in [5, 5.41) is 28.6. The molecule has 13 heteroatoms. The summed E-state index contributed by atoms with van der Waals surface area (Å²) in [6.45, 7) is 6.69. The van der Waals surface area contributed by atoms with Crippen molar-refractivity contribution in [1.82, 2.24) is 19.3 Å². The van der Waals surface area contributed by atoms with Gasteiger partial charge in [-0.05, 0) is 96.7 Å². The molecule has 2 N–H and O–H groups in total. The van der Waals surface area contributed by atoms with Gasteiger partial charge in [0.1, 0.15) is 17.0 Å². The molecule has 1 aliphatic heterocycles. The van der Waals surface area contributed by atoms with Crippen molar-refractivity contribution in [3.63, 3.8) is 0 Å². The fourth-order valence-electron chi connectivity index (χ4n) is 6.30. The zero-order valence-corrected chi connectivity index (χ0v) is 29.8. The van der Waals surface area contributed by atoms with E-state index in [2.05, 4.69) is 10.3 Å². The highest BCUT2D eigenvalue weighted by Crippen LogP contribution is 2.37. The topological polar surface area (TPSA) is 144 Å². The molecule has 5 aromatic rings. The number of fused-ring (bicyclic) bond motifs is 2. The Hall–Kier alpha value is -4.43. The summed E-state index contributed by atoms with van der Waals surface area (Å²) in [4.78, 5) is 14.0. The Bertz CT molecular complexity index is 2130. The van der Waals surface area contributed by atoms with Crippen LogP contribution in [0, 0.1) is 13.8 Å². The number of hydrogen-bond donors (Lipinski definition) is 2. The lowest BCUT2D eigenvalue weighted by atomic mass is 9.84. The van der Waals surface area contributed by atoms with Gasteiger partial charge in [0.25, 0.3) is 0 Å². The molecule has 50 heavy (non-hydrogen) atoms. The van der Waals surface area contributed by atoms with Crippen molar-refractivity contribution in [1.29, 1.82) is 0 Å². The van der Waals surface area contributed by atoms with Gasteiger partial charge in [-0.25, -0.2) is 4.68 Å². The second kappa shape index (κ2) is 15.2. The Labute approximate surface area is 296 Å². The Morgan fingerprint density at radius 3 is 2.68 bits per heavy atom. The fourth-order valence-corrected chi connectivity index (χ4v) is 8.38. The lowest BCUT2D eigenvalue weighted by Crippen LogP contribution is -2.37. The molecule has 0 fully saturated rings. The van der Waals surface area contributed by atoms with Crippen LogP contribution in [0.15, 0.2) is 77.7 Å². The number of nitrogens with zero attached hydrogens (tertiary/aromatic N) is 4. The van der Waals surface area contributed by atoms with Crippen LogP contribution in [-0.2, 0) is 46.1 Å². The number of carbonyl (C=O) groups excluding carboxylic acids is 1. The summed E-state index contributed by atoms with van der Waals surface area (Å²) in [6, 6.07) is 22.0. The van der Waals surface area contributed by atoms with Crippen LogP contribution in [0.25, 0.3) is 11.0 Å². The Kier molecular flexibility index (Phi) is 10.8. The summed E-state index contributed by atoms with van der Waals surface area (Å²) in [6.07, 6.45) is 0.937. The van der Waals surface area contributed by atoms with E-state index in [1.807, 2.05) is 73.1 Å². The zero-order chi connectivity index (χ0) is 35.4. The van der Waals surface area contributed by atoms with E-state index >= 15 is 0 Å². The number of thioether (sulfide) groups is 1. The molecule has 2 heterocycles. The molecule has 0 saturated carbocycles. The van der Waals surface area contributed by atoms with Crippen LogP contribution in [0.1, 0.15) is 64.6 Å². The molecule has 1 unspecified atom stereocenters. The van der Waals surface area contributed by atoms with E-state index < -0.39 is 16.2 Å². The Morgan fingerprint density at radius 2 is 1.88 bits per heavy atom. The van der Waals surface area contributed by atoms with E-state index in [0.29, 0.717) is 12.1 Å². The van der Waals surface area contributed by atoms with E-state index in [1.54, 1.807) is 18.7 Å². The highest BCUT2D eigenvalue weighted by molar-refractivity contribution is 7.99. The minimum Gasteiger partial charge on any atom is -0.508 e. The second-order valence-corrected chi connectivity index (χ2v) is 15.0. The number of aromatic nitrogens is 3. The van der Waals surface area contributed by atoms with Gasteiger partial charge in [0.2, 0.25) is 0 Å². The van der Waals surface area contributed by atoms with Gasteiger partial charge < -0.3 is 19.1 Å². The van der Waals surface area contributed by atoms with E-state index in [9.17, 15) is 23.4 Å². The molecule has 0 radical (unpaired) electrons. The summed E-state index contributed by atoms with van der Waals surface area (Å²) >= 11 is 1.71. The molecule has 11 nitrogen and oxygen atoms in total. The van der Waals surface area contributed by atoms with Crippen molar-refractivity contribution in [2.75, 3.05) is 12.4 Å². The van der Waals surface area contributed by atoms with Gasteiger partial charge in [0.05, 0.1) is 25.2 Å². The van der Waals surface area contributed by atoms with Gasteiger partial charge in [-0.2, -0.15) is 12.7 Å². The number of phenolic OH excluding ortho intramolecular Hbond substituents is 1. The minimum atomic E-state index is -4.08. The Morgan fingerprint density at radius 1 is 1.06 bits per heavy atom. The molecule has 0 amide bonds. The first-order chi connectivity index (χ1) is 24.1. The lowest BCUT2D eigenvalue weighted by molar-refractivity contribution is -0.143. The fraction of sp³-hybridized carbons (Fsp3) is 0.324. The SMILES string of the molecule is CCOC(=O)CC(c1ccc(C)c(CN2Cc3cc(O)ccc3OS2(=O)=O)c1)c1ccc2c(nnn2CCCSc2ccccc2CO)c1C. The maximum absolute atomic E-state index is 13.1. The molecular formula is C37H40N4O7S2. The molecule has 0 saturated heterocycles. The number of esters is 1. The minimum absolute atomic E-state index is 0.00993. The third-order valence-corrected chi connectivity index (χ3v) is 11.5. The smallest absolute Gasteiger partial charge is 0.385 e. The van der Waals surface area contributed by atoms with Crippen LogP contribution in [0.4, 0.5) is 0 Å². The van der Waals surface area contributed by atoms with Gasteiger partial charge >= 0.3 is 16.3 Å². The average Bonchev–Trinajstić information content (AvgIpc) is 3.51. The molecular weight excluding hydrogens is 677 g/mol. The summed E-state index contributed by atoms with van der Waals surface area (Å²) < 4.78 is 40.1. The molecule has 6 rings (SSSR count). The van der Waals surface area contributed by atoms with Crippen LogP contribution < -0.4 is 4.18 Å². The first-order valence-corrected chi connectivity index (χ1v) is 18.8. The van der Waals surface area contributed by atoms with E-state index in [4.69, 9.17) is 8.92 Å². The second-order valence-electron chi connectivity index (χ2n) is 12.3. The van der Waals surface area contributed by atoms with Gasteiger partial charge in [-0.3, -0.25) is 4.79 Å². The molecule has 4 aromatic carbocycles. The van der Waals surface area contributed by atoms with Crippen LogP contribution in [0.5, 0.6) is 11.5 Å². The number of aliphatic hydroxyl groups excluding tert-OH is 1. The number of benzene rings is 4. The number of ether oxygens (including phenoxy) is 1. The quantitative estimate of drug-likeness (QED) is 0.0827. The van der Waals surface area contributed by atoms with Crippen molar-refractivity contribution in [2.24, 2.45) is 0 Å².